The molecule has 2 aromatic rings. The van der Waals surface area contributed by atoms with E-state index in [1.54, 1.807) is 0 Å². The first-order chi connectivity index (χ1) is 11.6. The van der Waals surface area contributed by atoms with E-state index in [0.717, 1.165) is 6.04 Å². The first-order valence-electron chi connectivity index (χ1n) is 7.77. The first kappa shape index (κ1) is 19.3. The summed E-state index contributed by atoms with van der Waals surface area (Å²) in [5, 5.41) is 13.9. The maximum atomic E-state index is 12.3. The lowest BCUT2D eigenvalue weighted by molar-refractivity contribution is -0.153. The summed E-state index contributed by atoms with van der Waals surface area (Å²) >= 11 is 0. The summed E-state index contributed by atoms with van der Waals surface area (Å²) in [4.78, 5) is 0. The van der Waals surface area contributed by atoms with Gasteiger partial charge in [-0.1, -0.05) is 19.6 Å². The largest absolute Gasteiger partial charge is 0.484 e. The number of fused-ring (bicyclic) bond motifs is 1. The van der Waals surface area contributed by atoms with Gasteiger partial charge < -0.3 is 9.47 Å². The molecule has 9 heteroatoms. The van der Waals surface area contributed by atoms with E-state index in [4.69, 9.17) is 14.7 Å². The Balaban J connectivity index is 2.16. The number of nitriles is 1. The molecule has 0 saturated carbocycles. The van der Waals surface area contributed by atoms with Gasteiger partial charge >= 0.3 is 6.18 Å². The number of aromatic nitrogens is 2. The van der Waals surface area contributed by atoms with Gasteiger partial charge in [0.25, 0.3) is 0 Å². The maximum absolute atomic E-state index is 12.3. The fourth-order valence-corrected chi connectivity index (χ4v) is 2.88. The smallest absolute Gasteiger partial charge is 0.422 e. The molecule has 5 nitrogen and oxygen atoms in total. The summed E-state index contributed by atoms with van der Waals surface area (Å²) in [5.41, 5.74) is 0.704. The Kier molecular flexibility index (Phi) is 5.75. The van der Waals surface area contributed by atoms with E-state index in [2.05, 4.69) is 24.7 Å². The van der Waals surface area contributed by atoms with Crippen molar-refractivity contribution in [1.29, 1.82) is 5.26 Å². The van der Waals surface area contributed by atoms with E-state index < -0.39 is 20.9 Å². The second kappa shape index (κ2) is 7.45. The predicted molar refractivity (Wildman–Crippen MR) is 90.1 cm³/mol. The van der Waals surface area contributed by atoms with Crippen LogP contribution in [0, 0.1) is 11.3 Å². The van der Waals surface area contributed by atoms with Gasteiger partial charge in [-0.2, -0.15) is 23.5 Å². The lowest BCUT2D eigenvalue weighted by Gasteiger charge is -2.15. The number of hydrogen-bond donors (Lipinski definition) is 0. The van der Waals surface area contributed by atoms with Crippen molar-refractivity contribution in [2.45, 2.75) is 38.6 Å². The molecule has 0 atom stereocenters. The van der Waals surface area contributed by atoms with Crippen LogP contribution in [-0.2, 0) is 11.5 Å². The average Bonchev–Trinajstić information content (AvgIpc) is 2.85. The Hall–Kier alpha value is -2.05. The Labute approximate surface area is 145 Å². The molecule has 0 N–H and O–H groups in total. The molecule has 0 aliphatic carbocycles. The van der Waals surface area contributed by atoms with Gasteiger partial charge in [-0.05, 0) is 18.2 Å². The lowest BCUT2D eigenvalue weighted by atomic mass is 10.2. The summed E-state index contributed by atoms with van der Waals surface area (Å²) in [6, 6.07) is 7.33. The van der Waals surface area contributed by atoms with Gasteiger partial charge in [0.15, 0.2) is 12.3 Å². The number of ether oxygens (including phenoxy) is 2. The van der Waals surface area contributed by atoms with Crippen LogP contribution >= 0.6 is 0 Å². The second-order valence-electron chi connectivity index (χ2n) is 6.89. The summed E-state index contributed by atoms with van der Waals surface area (Å²) < 4.78 is 48.7. The van der Waals surface area contributed by atoms with E-state index in [-0.39, 0.29) is 18.2 Å². The highest BCUT2D eigenvalue weighted by Crippen LogP contribution is 2.25. The molecule has 0 unspecified atom stereocenters. The molecule has 0 spiro atoms. The van der Waals surface area contributed by atoms with Gasteiger partial charge in [0.1, 0.15) is 18.5 Å². The van der Waals surface area contributed by atoms with Crippen molar-refractivity contribution in [1.82, 2.24) is 9.78 Å². The number of alkyl halides is 3. The van der Waals surface area contributed by atoms with Crippen molar-refractivity contribution in [2.75, 3.05) is 13.2 Å². The summed E-state index contributed by atoms with van der Waals surface area (Å²) in [6.07, 6.45) is -4.41. The highest BCUT2D eigenvalue weighted by Gasteiger charge is 2.28. The number of halogens is 3. The van der Waals surface area contributed by atoms with Crippen molar-refractivity contribution in [3.63, 3.8) is 0 Å². The van der Waals surface area contributed by atoms with Crippen LogP contribution < -0.4 is 4.74 Å². The number of benzene rings is 1. The molecule has 1 aromatic carbocycles. The topological polar surface area (TPSA) is 60.1 Å². The van der Waals surface area contributed by atoms with Crippen LogP contribution in [0.1, 0.15) is 5.69 Å². The highest BCUT2D eigenvalue weighted by atomic mass is 28.3. The molecule has 2 rings (SSSR count). The predicted octanol–water partition coefficient (Wildman–Crippen LogP) is 4.16. The minimum Gasteiger partial charge on any atom is -0.484 e. The zero-order valence-corrected chi connectivity index (χ0v) is 15.4. The van der Waals surface area contributed by atoms with Crippen LogP contribution in [0.2, 0.25) is 25.7 Å². The van der Waals surface area contributed by atoms with Crippen molar-refractivity contribution < 1.29 is 22.6 Å². The quantitative estimate of drug-likeness (QED) is 0.542. The maximum Gasteiger partial charge on any atom is 0.422 e. The summed E-state index contributed by atoms with van der Waals surface area (Å²) in [7, 11) is -1.22. The molecule has 0 aliphatic rings. The molecule has 0 bridgehead atoms. The Morgan fingerprint density at radius 2 is 2.00 bits per heavy atom. The minimum atomic E-state index is -4.41. The van der Waals surface area contributed by atoms with E-state index in [1.807, 2.05) is 6.07 Å². The average molecular weight is 371 g/mol. The lowest BCUT2D eigenvalue weighted by Crippen LogP contribution is -2.22. The van der Waals surface area contributed by atoms with Crippen molar-refractivity contribution >= 4 is 19.0 Å². The van der Waals surface area contributed by atoms with Gasteiger partial charge in [0, 0.05) is 26.1 Å². The van der Waals surface area contributed by atoms with Crippen molar-refractivity contribution in [3.05, 3.63) is 23.9 Å². The van der Waals surface area contributed by atoms with Crippen LogP contribution in [0.3, 0.4) is 0 Å². The molecule has 1 aromatic heterocycles. The Bertz CT molecular complexity index is 776. The van der Waals surface area contributed by atoms with Crippen LogP contribution in [0.25, 0.3) is 10.9 Å². The van der Waals surface area contributed by atoms with Gasteiger partial charge in [-0.25, -0.2) is 4.68 Å². The number of nitrogens with zero attached hydrogens (tertiary/aromatic N) is 3. The molecule has 0 radical (unpaired) electrons. The zero-order chi connectivity index (χ0) is 18.7. The SMILES string of the molecule is C[Si](C)(C)CCOCn1nc(C#N)c2ccc(OCC(F)(F)F)cc21. The normalized spacial score (nSPS) is 12.4. The fourth-order valence-electron chi connectivity index (χ4n) is 2.12. The summed E-state index contributed by atoms with van der Waals surface area (Å²) in [6.45, 7) is 6.03. The first-order valence-corrected chi connectivity index (χ1v) is 11.5. The number of rotatable bonds is 7. The standard InChI is InChI=1S/C16H20F3N3O2Si/c1-25(2,3)7-6-23-11-22-15-8-12(24-10-16(17,18)19)4-5-13(15)14(9-20)21-22/h4-5,8H,6-7,10-11H2,1-3H3. The van der Waals surface area contributed by atoms with E-state index >= 15 is 0 Å². The van der Waals surface area contributed by atoms with E-state index in [0.29, 0.717) is 17.5 Å². The van der Waals surface area contributed by atoms with Crippen LogP contribution in [-0.4, -0.2) is 37.2 Å². The molecular formula is C16H20F3N3O2Si. The van der Waals surface area contributed by atoms with Crippen LogP contribution in [0.15, 0.2) is 18.2 Å². The Morgan fingerprint density at radius 3 is 2.60 bits per heavy atom. The van der Waals surface area contributed by atoms with E-state index in [1.165, 1.54) is 22.9 Å². The third kappa shape index (κ3) is 5.76. The van der Waals surface area contributed by atoms with Gasteiger partial charge in [-0.15, -0.1) is 0 Å². The third-order valence-electron chi connectivity index (χ3n) is 3.44. The molecule has 0 fully saturated rings. The third-order valence-corrected chi connectivity index (χ3v) is 5.15. The molecule has 0 aliphatic heterocycles. The van der Waals surface area contributed by atoms with Crippen molar-refractivity contribution in [2.24, 2.45) is 0 Å². The van der Waals surface area contributed by atoms with Gasteiger partial charge in [-0.3, -0.25) is 0 Å². The molecule has 1 heterocycles. The van der Waals surface area contributed by atoms with Crippen LogP contribution in [0.4, 0.5) is 13.2 Å². The minimum absolute atomic E-state index is 0.0672. The Morgan fingerprint density at radius 1 is 1.28 bits per heavy atom. The molecule has 0 amide bonds. The molecular weight excluding hydrogens is 351 g/mol. The fraction of sp³-hybridized carbons (Fsp3) is 0.500. The second-order valence-corrected chi connectivity index (χ2v) is 12.5. The van der Waals surface area contributed by atoms with E-state index in [9.17, 15) is 13.2 Å². The molecule has 25 heavy (non-hydrogen) atoms. The zero-order valence-electron chi connectivity index (χ0n) is 14.4. The highest BCUT2D eigenvalue weighted by molar-refractivity contribution is 6.76. The number of hydrogen-bond acceptors (Lipinski definition) is 4. The van der Waals surface area contributed by atoms with Gasteiger partial charge in [0.2, 0.25) is 0 Å². The summed E-state index contributed by atoms with van der Waals surface area (Å²) in [5.74, 6) is 0.0672. The van der Waals surface area contributed by atoms with Crippen LogP contribution in [0.5, 0.6) is 5.75 Å². The molecule has 136 valence electrons. The van der Waals surface area contributed by atoms with Crippen molar-refractivity contribution in [3.8, 4) is 11.8 Å². The monoisotopic (exact) mass is 371 g/mol. The molecule has 0 saturated heterocycles. The van der Waals surface area contributed by atoms with Gasteiger partial charge in [0.05, 0.1) is 5.52 Å².